The number of nitro groups is 1. The summed E-state index contributed by atoms with van der Waals surface area (Å²) in [5.41, 5.74) is -0.0721. The first-order chi connectivity index (χ1) is 11.2. The molecule has 0 bridgehead atoms. The molecular weight excluding hydrogens is 294 g/mol. The van der Waals surface area contributed by atoms with Crippen molar-refractivity contribution in [1.29, 1.82) is 0 Å². The zero-order chi connectivity index (χ0) is 16.1. The van der Waals surface area contributed by atoms with E-state index in [-0.39, 0.29) is 11.4 Å². The lowest BCUT2D eigenvalue weighted by molar-refractivity contribution is -0.385. The smallest absolute Gasteiger partial charge is 0.311 e. The van der Waals surface area contributed by atoms with E-state index in [2.05, 4.69) is 0 Å². The largest absolute Gasteiger partial charge is 0.457 e. The molecule has 3 aromatic rings. The Kier molecular flexibility index (Phi) is 4.20. The van der Waals surface area contributed by atoms with Gasteiger partial charge >= 0.3 is 5.69 Å². The Hall–Kier alpha value is -3.34. The summed E-state index contributed by atoms with van der Waals surface area (Å²) in [5, 5.41) is 11.0. The molecule has 0 atom stereocenters. The molecule has 3 rings (SSSR count). The third-order valence-corrected chi connectivity index (χ3v) is 3.09. The van der Waals surface area contributed by atoms with Crippen LogP contribution in [0.2, 0.25) is 0 Å². The lowest BCUT2D eigenvalue weighted by Gasteiger charge is -2.08. The van der Waals surface area contributed by atoms with Crippen molar-refractivity contribution in [2.45, 2.75) is 0 Å². The molecule has 0 aromatic heterocycles. The van der Waals surface area contributed by atoms with Crippen LogP contribution < -0.4 is 9.47 Å². The monoisotopic (exact) mass is 307 g/mol. The van der Waals surface area contributed by atoms with Crippen LogP contribution in [0, 0.1) is 10.1 Å². The molecule has 0 aliphatic carbocycles. The van der Waals surface area contributed by atoms with Gasteiger partial charge in [0.25, 0.3) is 0 Å². The Bertz CT molecular complexity index is 801. The van der Waals surface area contributed by atoms with Gasteiger partial charge in [0, 0.05) is 6.07 Å². The first-order valence-corrected chi connectivity index (χ1v) is 6.96. The highest BCUT2D eigenvalue weighted by Gasteiger charge is 2.14. The topological polar surface area (TPSA) is 61.6 Å². The number of nitro benzene ring substituents is 1. The van der Waals surface area contributed by atoms with Crippen LogP contribution in [0.4, 0.5) is 5.69 Å². The first kappa shape index (κ1) is 14.6. The second kappa shape index (κ2) is 6.62. The van der Waals surface area contributed by atoms with E-state index in [1.54, 1.807) is 42.5 Å². The van der Waals surface area contributed by atoms with Crippen LogP contribution in [-0.4, -0.2) is 4.92 Å². The van der Waals surface area contributed by atoms with Gasteiger partial charge in [0.05, 0.1) is 4.92 Å². The highest BCUT2D eigenvalue weighted by Crippen LogP contribution is 2.32. The predicted octanol–water partition coefficient (Wildman–Crippen LogP) is 5.18. The fraction of sp³-hybridized carbons (Fsp3) is 0. The van der Waals surface area contributed by atoms with Gasteiger partial charge in [0.15, 0.2) is 0 Å². The van der Waals surface area contributed by atoms with E-state index < -0.39 is 4.92 Å². The van der Waals surface area contributed by atoms with Crippen LogP contribution in [0.1, 0.15) is 0 Å². The number of hydrogen-bond acceptors (Lipinski definition) is 4. The van der Waals surface area contributed by atoms with Crippen LogP contribution in [0.15, 0.2) is 78.9 Å². The maximum Gasteiger partial charge on any atom is 0.311 e. The number of nitrogens with zero attached hydrogens (tertiary/aromatic N) is 1. The average molecular weight is 307 g/mol. The molecule has 0 aliphatic heterocycles. The van der Waals surface area contributed by atoms with Crippen molar-refractivity contribution in [3.63, 3.8) is 0 Å². The van der Waals surface area contributed by atoms with Crippen LogP contribution in [0.3, 0.4) is 0 Å². The second-order valence-corrected chi connectivity index (χ2v) is 4.71. The van der Waals surface area contributed by atoms with Crippen molar-refractivity contribution in [3.8, 4) is 23.0 Å². The van der Waals surface area contributed by atoms with Crippen molar-refractivity contribution in [3.05, 3.63) is 89.0 Å². The summed E-state index contributed by atoms with van der Waals surface area (Å²) in [4.78, 5) is 10.5. The average Bonchev–Trinajstić information content (AvgIpc) is 2.58. The van der Waals surface area contributed by atoms with Gasteiger partial charge in [-0.15, -0.1) is 0 Å². The number of para-hydroxylation sites is 3. The summed E-state index contributed by atoms with van der Waals surface area (Å²) >= 11 is 0. The Morgan fingerprint density at radius 2 is 1.17 bits per heavy atom. The van der Waals surface area contributed by atoms with Crippen LogP contribution >= 0.6 is 0 Å². The van der Waals surface area contributed by atoms with Gasteiger partial charge in [-0.05, 0) is 42.5 Å². The lowest BCUT2D eigenvalue weighted by Crippen LogP contribution is -1.93. The molecule has 0 unspecified atom stereocenters. The molecule has 0 spiro atoms. The Balaban J connectivity index is 1.74. The van der Waals surface area contributed by atoms with Gasteiger partial charge in [-0.3, -0.25) is 10.1 Å². The van der Waals surface area contributed by atoms with Crippen LogP contribution in [-0.2, 0) is 0 Å². The SMILES string of the molecule is O=[N+]([O-])c1ccccc1Oc1ccc(Oc2ccccc2)cc1. The number of hydrogen-bond donors (Lipinski definition) is 0. The molecule has 5 nitrogen and oxygen atoms in total. The number of rotatable bonds is 5. The van der Waals surface area contributed by atoms with Crippen molar-refractivity contribution < 1.29 is 14.4 Å². The highest BCUT2D eigenvalue weighted by atomic mass is 16.6. The number of benzene rings is 3. The van der Waals surface area contributed by atoms with Crippen LogP contribution in [0.5, 0.6) is 23.0 Å². The van der Waals surface area contributed by atoms with Crippen LogP contribution in [0.25, 0.3) is 0 Å². The van der Waals surface area contributed by atoms with Crippen molar-refractivity contribution in [2.75, 3.05) is 0 Å². The maximum atomic E-state index is 11.0. The fourth-order valence-electron chi connectivity index (χ4n) is 2.02. The molecule has 0 fully saturated rings. The van der Waals surface area contributed by atoms with E-state index in [1.165, 1.54) is 6.07 Å². The minimum Gasteiger partial charge on any atom is -0.457 e. The van der Waals surface area contributed by atoms with Gasteiger partial charge in [-0.2, -0.15) is 0 Å². The zero-order valence-corrected chi connectivity index (χ0v) is 12.1. The maximum absolute atomic E-state index is 11.0. The molecule has 0 heterocycles. The van der Waals surface area contributed by atoms with Crippen molar-refractivity contribution >= 4 is 5.69 Å². The highest BCUT2D eigenvalue weighted by molar-refractivity contribution is 5.48. The summed E-state index contributed by atoms with van der Waals surface area (Å²) < 4.78 is 11.3. The lowest BCUT2D eigenvalue weighted by atomic mass is 10.3. The minimum absolute atomic E-state index is 0.0721. The molecule has 3 aromatic carbocycles. The van der Waals surface area contributed by atoms with E-state index in [0.717, 1.165) is 5.75 Å². The fourth-order valence-corrected chi connectivity index (χ4v) is 2.02. The van der Waals surface area contributed by atoms with Gasteiger partial charge in [0.1, 0.15) is 17.2 Å². The molecule has 0 amide bonds. The molecular formula is C18H13NO4. The zero-order valence-electron chi connectivity index (χ0n) is 12.1. The number of ether oxygens (including phenoxy) is 2. The summed E-state index contributed by atoms with van der Waals surface area (Å²) in [6, 6.07) is 22.6. The molecule has 0 radical (unpaired) electrons. The van der Waals surface area contributed by atoms with E-state index in [4.69, 9.17) is 9.47 Å². The quantitative estimate of drug-likeness (QED) is 0.481. The minimum atomic E-state index is -0.470. The molecule has 5 heteroatoms. The second-order valence-electron chi connectivity index (χ2n) is 4.71. The summed E-state index contributed by atoms with van der Waals surface area (Å²) in [6.45, 7) is 0. The summed E-state index contributed by atoms with van der Waals surface area (Å²) in [7, 11) is 0. The normalized spacial score (nSPS) is 10.1. The van der Waals surface area contributed by atoms with E-state index in [0.29, 0.717) is 11.5 Å². The Morgan fingerprint density at radius 1 is 0.652 bits per heavy atom. The van der Waals surface area contributed by atoms with E-state index in [9.17, 15) is 10.1 Å². The predicted molar refractivity (Wildman–Crippen MR) is 86.1 cm³/mol. The molecule has 114 valence electrons. The van der Waals surface area contributed by atoms with Crippen molar-refractivity contribution in [1.82, 2.24) is 0 Å². The van der Waals surface area contributed by atoms with Gasteiger partial charge in [-0.1, -0.05) is 30.3 Å². The third kappa shape index (κ3) is 3.65. The van der Waals surface area contributed by atoms with E-state index in [1.807, 2.05) is 30.3 Å². The molecule has 0 aliphatic rings. The Morgan fingerprint density at radius 3 is 1.83 bits per heavy atom. The third-order valence-electron chi connectivity index (χ3n) is 3.09. The van der Waals surface area contributed by atoms with Gasteiger partial charge in [0.2, 0.25) is 5.75 Å². The molecule has 0 saturated carbocycles. The van der Waals surface area contributed by atoms with Crippen molar-refractivity contribution in [2.24, 2.45) is 0 Å². The molecule has 0 N–H and O–H groups in total. The van der Waals surface area contributed by atoms with Gasteiger partial charge < -0.3 is 9.47 Å². The van der Waals surface area contributed by atoms with E-state index >= 15 is 0 Å². The summed E-state index contributed by atoms with van der Waals surface area (Å²) in [5.74, 6) is 2.10. The molecule has 23 heavy (non-hydrogen) atoms. The standard InChI is InChI=1S/C18H13NO4/c20-19(21)17-8-4-5-9-18(17)23-16-12-10-15(11-13-16)22-14-6-2-1-3-7-14/h1-13H. The summed E-state index contributed by atoms with van der Waals surface area (Å²) in [6.07, 6.45) is 0. The Labute approximate surface area is 132 Å². The molecule has 0 saturated heterocycles. The first-order valence-electron chi connectivity index (χ1n) is 6.96. The van der Waals surface area contributed by atoms with Gasteiger partial charge in [-0.25, -0.2) is 0 Å².